The number of carbonyl (C=O) groups is 1. The second kappa shape index (κ2) is 10.4. The van der Waals surface area contributed by atoms with E-state index in [-0.39, 0.29) is 18.0 Å². The van der Waals surface area contributed by atoms with Gasteiger partial charge in [-0.2, -0.15) is 11.8 Å². The van der Waals surface area contributed by atoms with E-state index in [1.807, 2.05) is 0 Å². The zero-order valence-corrected chi connectivity index (χ0v) is 17.0. The lowest BCUT2D eigenvalue weighted by molar-refractivity contribution is -0.119. The standard InChI is InChI=1S/C19H22F2N2O3S2/c1-28(25,26)23(18-9-7-17(21)8-10-18)13-19(24)22-11-2-12-27-14-15-3-5-16(20)6-4-15/h3-10H,2,11-14H2,1H3,(H,22,24). The first-order chi connectivity index (χ1) is 13.3. The number of carbonyl (C=O) groups excluding carboxylic acids is 1. The lowest BCUT2D eigenvalue weighted by Crippen LogP contribution is -2.40. The zero-order valence-electron chi connectivity index (χ0n) is 15.4. The Morgan fingerprint density at radius 1 is 1.04 bits per heavy atom. The summed E-state index contributed by atoms with van der Waals surface area (Å²) in [5.74, 6) is 0.366. The molecule has 1 amide bonds. The van der Waals surface area contributed by atoms with Crippen LogP contribution in [0.5, 0.6) is 0 Å². The van der Waals surface area contributed by atoms with Gasteiger partial charge in [-0.1, -0.05) is 12.1 Å². The van der Waals surface area contributed by atoms with E-state index in [1.165, 1.54) is 24.3 Å². The summed E-state index contributed by atoms with van der Waals surface area (Å²) in [7, 11) is -3.68. The van der Waals surface area contributed by atoms with Gasteiger partial charge in [-0.25, -0.2) is 17.2 Å². The SMILES string of the molecule is CS(=O)(=O)N(CC(=O)NCCCSCc1ccc(F)cc1)c1ccc(F)cc1. The van der Waals surface area contributed by atoms with Crippen molar-refractivity contribution in [3.8, 4) is 0 Å². The number of nitrogens with zero attached hydrogens (tertiary/aromatic N) is 1. The summed E-state index contributed by atoms with van der Waals surface area (Å²) in [6.45, 7) is 0.0451. The number of halogens is 2. The summed E-state index contributed by atoms with van der Waals surface area (Å²) in [6.07, 6.45) is 1.71. The van der Waals surface area contributed by atoms with Crippen molar-refractivity contribution in [3.05, 3.63) is 65.7 Å². The van der Waals surface area contributed by atoms with Gasteiger partial charge >= 0.3 is 0 Å². The number of anilines is 1. The topological polar surface area (TPSA) is 66.5 Å². The third-order valence-corrected chi connectivity index (χ3v) is 6.03. The molecule has 2 rings (SSSR count). The molecular formula is C19H22F2N2O3S2. The molecule has 0 heterocycles. The first-order valence-corrected chi connectivity index (χ1v) is 11.6. The van der Waals surface area contributed by atoms with Crippen molar-refractivity contribution in [2.24, 2.45) is 0 Å². The molecule has 0 atom stereocenters. The van der Waals surface area contributed by atoms with Crippen LogP contribution in [-0.2, 0) is 20.6 Å². The highest BCUT2D eigenvalue weighted by Crippen LogP contribution is 2.17. The molecule has 0 aromatic heterocycles. The largest absolute Gasteiger partial charge is 0.354 e. The summed E-state index contributed by atoms with van der Waals surface area (Å²) in [4.78, 5) is 12.1. The van der Waals surface area contributed by atoms with Gasteiger partial charge in [0.05, 0.1) is 11.9 Å². The lowest BCUT2D eigenvalue weighted by Gasteiger charge is -2.21. The smallest absolute Gasteiger partial charge is 0.240 e. The lowest BCUT2D eigenvalue weighted by atomic mass is 10.2. The van der Waals surface area contributed by atoms with Gasteiger partial charge in [0, 0.05) is 12.3 Å². The highest BCUT2D eigenvalue weighted by molar-refractivity contribution is 7.98. The van der Waals surface area contributed by atoms with Crippen molar-refractivity contribution in [1.29, 1.82) is 0 Å². The van der Waals surface area contributed by atoms with Crippen molar-refractivity contribution >= 4 is 33.4 Å². The third-order valence-electron chi connectivity index (χ3n) is 3.77. The van der Waals surface area contributed by atoms with E-state index in [4.69, 9.17) is 0 Å². The van der Waals surface area contributed by atoms with E-state index in [1.54, 1.807) is 23.9 Å². The molecule has 9 heteroatoms. The molecule has 0 radical (unpaired) electrons. The Labute approximate surface area is 168 Å². The maximum Gasteiger partial charge on any atom is 0.240 e. The van der Waals surface area contributed by atoms with Gasteiger partial charge < -0.3 is 5.32 Å². The fraction of sp³-hybridized carbons (Fsp3) is 0.316. The van der Waals surface area contributed by atoms with Crippen LogP contribution >= 0.6 is 11.8 Å². The molecule has 2 aromatic carbocycles. The quantitative estimate of drug-likeness (QED) is 0.591. The average Bonchev–Trinajstić information content (AvgIpc) is 2.64. The highest BCUT2D eigenvalue weighted by Gasteiger charge is 2.20. The molecule has 0 unspecified atom stereocenters. The van der Waals surface area contributed by atoms with Crippen LogP contribution in [0.1, 0.15) is 12.0 Å². The molecule has 0 saturated heterocycles. The Morgan fingerprint density at radius 3 is 2.18 bits per heavy atom. The summed E-state index contributed by atoms with van der Waals surface area (Å²) in [5.41, 5.74) is 1.26. The van der Waals surface area contributed by atoms with Crippen LogP contribution in [0.15, 0.2) is 48.5 Å². The van der Waals surface area contributed by atoms with Crippen molar-refractivity contribution in [3.63, 3.8) is 0 Å². The molecule has 1 N–H and O–H groups in total. The van der Waals surface area contributed by atoms with E-state index in [0.717, 1.165) is 39.8 Å². The number of rotatable bonds is 10. The first-order valence-electron chi connectivity index (χ1n) is 8.58. The minimum atomic E-state index is -3.68. The number of nitrogens with one attached hydrogen (secondary N) is 1. The number of hydrogen-bond donors (Lipinski definition) is 1. The van der Waals surface area contributed by atoms with Gasteiger partial charge in [0.15, 0.2) is 0 Å². The molecular weight excluding hydrogens is 406 g/mol. The maximum atomic E-state index is 13.0. The number of thioether (sulfide) groups is 1. The fourth-order valence-electron chi connectivity index (χ4n) is 2.37. The Balaban J connectivity index is 1.74. The zero-order chi connectivity index (χ0) is 20.6. The molecule has 0 bridgehead atoms. The summed E-state index contributed by atoms with van der Waals surface area (Å²) >= 11 is 1.66. The van der Waals surface area contributed by atoms with Gasteiger partial charge in [-0.05, 0) is 54.1 Å². The van der Waals surface area contributed by atoms with E-state index >= 15 is 0 Å². The molecule has 0 spiro atoms. The summed E-state index contributed by atoms with van der Waals surface area (Å²) in [6, 6.07) is 11.2. The fourth-order valence-corrected chi connectivity index (χ4v) is 4.14. The Hall–Kier alpha value is -2.13. The number of sulfonamides is 1. The van der Waals surface area contributed by atoms with E-state index in [0.29, 0.717) is 13.0 Å². The highest BCUT2D eigenvalue weighted by atomic mass is 32.2. The molecule has 0 aliphatic rings. The summed E-state index contributed by atoms with van der Waals surface area (Å²) < 4.78 is 50.7. The molecule has 5 nitrogen and oxygen atoms in total. The Kier molecular flexibility index (Phi) is 8.25. The van der Waals surface area contributed by atoms with Crippen LogP contribution in [0.25, 0.3) is 0 Å². The van der Waals surface area contributed by atoms with Gasteiger partial charge in [-0.15, -0.1) is 0 Å². The van der Waals surface area contributed by atoms with Crippen LogP contribution in [0.2, 0.25) is 0 Å². The predicted molar refractivity (Wildman–Crippen MR) is 109 cm³/mol. The van der Waals surface area contributed by atoms with E-state index in [9.17, 15) is 22.0 Å². The number of benzene rings is 2. The Bertz CT molecular complexity index is 873. The second-order valence-corrected chi connectivity index (χ2v) is 9.14. The van der Waals surface area contributed by atoms with E-state index < -0.39 is 21.7 Å². The van der Waals surface area contributed by atoms with Gasteiger partial charge in [0.25, 0.3) is 0 Å². The minimum absolute atomic E-state index is 0.230. The van der Waals surface area contributed by atoms with Crippen LogP contribution in [0.4, 0.5) is 14.5 Å². The molecule has 0 fully saturated rings. The predicted octanol–water partition coefficient (Wildman–Crippen LogP) is 3.17. The number of hydrogen-bond acceptors (Lipinski definition) is 4. The van der Waals surface area contributed by atoms with Crippen LogP contribution < -0.4 is 9.62 Å². The number of amides is 1. The molecule has 0 aliphatic heterocycles. The van der Waals surface area contributed by atoms with Crippen LogP contribution in [-0.4, -0.2) is 39.4 Å². The minimum Gasteiger partial charge on any atom is -0.354 e. The van der Waals surface area contributed by atoms with E-state index in [2.05, 4.69) is 5.32 Å². The van der Waals surface area contributed by atoms with Crippen molar-refractivity contribution in [2.45, 2.75) is 12.2 Å². The monoisotopic (exact) mass is 428 g/mol. The third kappa shape index (κ3) is 7.47. The normalized spacial score (nSPS) is 11.2. The second-order valence-electron chi connectivity index (χ2n) is 6.13. The maximum absolute atomic E-state index is 13.0. The average molecular weight is 429 g/mol. The van der Waals surface area contributed by atoms with Crippen molar-refractivity contribution < 1.29 is 22.0 Å². The van der Waals surface area contributed by atoms with Gasteiger partial charge in [-0.3, -0.25) is 9.10 Å². The first kappa shape index (κ1) is 22.2. The van der Waals surface area contributed by atoms with Gasteiger partial charge in [0.1, 0.15) is 18.2 Å². The summed E-state index contributed by atoms with van der Waals surface area (Å²) in [5, 5.41) is 2.69. The van der Waals surface area contributed by atoms with Crippen molar-refractivity contribution in [1.82, 2.24) is 5.32 Å². The molecule has 0 saturated carbocycles. The van der Waals surface area contributed by atoms with Crippen LogP contribution in [0.3, 0.4) is 0 Å². The molecule has 0 aliphatic carbocycles. The molecule has 152 valence electrons. The van der Waals surface area contributed by atoms with Gasteiger partial charge in [0.2, 0.25) is 15.9 Å². The Morgan fingerprint density at radius 2 is 1.61 bits per heavy atom. The molecule has 2 aromatic rings. The molecule has 28 heavy (non-hydrogen) atoms. The van der Waals surface area contributed by atoms with Crippen LogP contribution in [0, 0.1) is 11.6 Å². The van der Waals surface area contributed by atoms with Crippen molar-refractivity contribution in [2.75, 3.05) is 29.4 Å².